The van der Waals surface area contributed by atoms with Crippen LogP contribution in [-0.2, 0) is 11.0 Å². The van der Waals surface area contributed by atoms with Gasteiger partial charge in [-0.15, -0.1) is 0 Å². The number of hydrogen-bond donors (Lipinski definition) is 1. The maximum atomic E-state index is 9.48. The Bertz CT molecular complexity index is 877. The van der Waals surface area contributed by atoms with Crippen LogP contribution in [-0.4, -0.2) is 18.5 Å². The van der Waals surface area contributed by atoms with Crippen molar-refractivity contribution >= 4 is 36.0 Å². The van der Waals surface area contributed by atoms with Gasteiger partial charge in [0.25, 0.3) is 8.32 Å². The molecule has 0 amide bonds. The number of hydrogen-bond acceptors (Lipinski definition) is 2. The van der Waals surface area contributed by atoms with Crippen molar-refractivity contribution in [2.45, 2.75) is 32.4 Å². The van der Waals surface area contributed by atoms with Gasteiger partial charge in [0.15, 0.2) is 5.05 Å². The summed E-state index contributed by atoms with van der Waals surface area (Å²) in [6, 6.07) is 28.8. The van der Waals surface area contributed by atoms with Gasteiger partial charge in [-0.05, 0) is 45.3 Å². The Kier molecular flexibility index (Phi) is 6.13. The highest BCUT2D eigenvalue weighted by Gasteiger charge is 2.50. The van der Waals surface area contributed by atoms with Gasteiger partial charge in [-0.25, -0.2) is 0 Å². The zero-order chi connectivity index (χ0) is 20.2. The van der Waals surface area contributed by atoms with Crippen LogP contribution >= 0.6 is 12.2 Å². The standard InChI is InChI=1S/C24H26O2SSi/c1-24(2,3)28(21-10-6-4-7-11-21,22-12-8-5-9-13-22)26-18-19-14-16-20(17-15-19)23(25)27/h4-17H,18H2,1-3H3,(H,25,27). The fraction of sp³-hybridized carbons (Fsp3) is 0.208. The molecule has 0 bridgehead atoms. The fourth-order valence-corrected chi connectivity index (χ4v) is 8.37. The summed E-state index contributed by atoms with van der Waals surface area (Å²) in [7, 11) is -2.54. The summed E-state index contributed by atoms with van der Waals surface area (Å²) in [5, 5.41) is 11.9. The molecule has 0 spiro atoms. The third-order valence-corrected chi connectivity index (χ3v) is 10.3. The van der Waals surface area contributed by atoms with E-state index in [-0.39, 0.29) is 10.1 Å². The van der Waals surface area contributed by atoms with Gasteiger partial charge in [0.2, 0.25) is 0 Å². The molecule has 0 atom stereocenters. The van der Waals surface area contributed by atoms with Crippen LogP contribution in [0.1, 0.15) is 31.9 Å². The third-order valence-electron chi connectivity index (χ3n) is 5.07. The molecule has 1 N–H and O–H groups in total. The predicted octanol–water partition coefficient (Wildman–Crippen LogP) is 5.00. The largest absolute Gasteiger partial charge is 0.499 e. The van der Waals surface area contributed by atoms with Crippen LogP contribution in [0.25, 0.3) is 0 Å². The lowest BCUT2D eigenvalue weighted by Crippen LogP contribution is -2.66. The van der Waals surface area contributed by atoms with Gasteiger partial charge in [0.05, 0.1) is 6.61 Å². The number of rotatable bonds is 6. The number of aliphatic hydroxyl groups excluding tert-OH is 1. The van der Waals surface area contributed by atoms with E-state index in [1.165, 1.54) is 10.4 Å². The number of aliphatic hydroxyl groups is 1. The topological polar surface area (TPSA) is 29.5 Å². The Morgan fingerprint density at radius 2 is 1.29 bits per heavy atom. The molecule has 0 fully saturated rings. The van der Waals surface area contributed by atoms with Crippen molar-refractivity contribution < 1.29 is 9.53 Å². The molecule has 0 heterocycles. The van der Waals surface area contributed by atoms with E-state index in [2.05, 4.69) is 69.3 Å². The average molecular weight is 407 g/mol. The van der Waals surface area contributed by atoms with Gasteiger partial charge in [-0.2, -0.15) is 0 Å². The molecule has 144 valence electrons. The van der Waals surface area contributed by atoms with Gasteiger partial charge in [0, 0.05) is 5.56 Å². The second kappa shape index (κ2) is 8.39. The van der Waals surface area contributed by atoms with Gasteiger partial charge in [-0.3, -0.25) is 0 Å². The Morgan fingerprint density at radius 3 is 1.68 bits per heavy atom. The summed E-state index contributed by atoms with van der Waals surface area (Å²) in [5.74, 6) is 0. The van der Waals surface area contributed by atoms with Crippen molar-refractivity contribution in [2.75, 3.05) is 0 Å². The van der Waals surface area contributed by atoms with Gasteiger partial charge in [0.1, 0.15) is 0 Å². The Labute approximate surface area is 174 Å². The molecule has 3 rings (SSSR count). The van der Waals surface area contributed by atoms with Crippen LogP contribution in [0, 0.1) is 0 Å². The highest BCUT2D eigenvalue weighted by molar-refractivity contribution is 7.80. The highest BCUT2D eigenvalue weighted by Crippen LogP contribution is 2.37. The van der Waals surface area contributed by atoms with Gasteiger partial charge in [-0.1, -0.05) is 93.6 Å². The van der Waals surface area contributed by atoms with Crippen molar-refractivity contribution in [3.05, 3.63) is 96.1 Å². The molecule has 0 aliphatic heterocycles. The summed E-state index contributed by atoms with van der Waals surface area (Å²) in [6.07, 6.45) is 0. The first-order valence-electron chi connectivity index (χ1n) is 9.42. The second-order valence-corrected chi connectivity index (χ2v) is 12.6. The molecule has 2 nitrogen and oxygen atoms in total. The van der Waals surface area contributed by atoms with Gasteiger partial charge >= 0.3 is 0 Å². The first kappa shape index (κ1) is 20.5. The van der Waals surface area contributed by atoms with E-state index in [9.17, 15) is 5.11 Å². The summed E-state index contributed by atoms with van der Waals surface area (Å²) in [6.45, 7) is 7.32. The Hall–Kier alpha value is -2.27. The maximum absolute atomic E-state index is 9.48. The molecule has 0 radical (unpaired) electrons. The summed E-state index contributed by atoms with van der Waals surface area (Å²) < 4.78 is 6.90. The van der Waals surface area contributed by atoms with E-state index in [4.69, 9.17) is 16.6 Å². The maximum Gasteiger partial charge on any atom is 0.261 e. The average Bonchev–Trinajstić information content (AvgIpc) is 2.69. The number of thiocarbonyl (C=S) groups is 1. The van der Waals surface area contributed by atoms with Crippen molar-refractivity contribution in [1.29, 1.82) is 0 Å². The molecule has 0 saturated heterocycles. The second-order valence-electron chi connectivity index (χ2n) is 7.95. The lowest BCUT2D eigenvalue weighted by atomic mass is 10.1. The molecule has 0 aliphatic rings. The lowest BCUT2D eigenvalue weighted by Gasteiger charge is -2.43. The van der Waals surface area contributed by atoms with Crippen LogP contribution in [0.2, 0.25) is 5.04 Å². The highest BCUT2D eigenvalue weighted by atomic mass is 32.1. The molecule has 4 heteroatoms. The van der Waals surface area contributed by atoms with Crippen LogP contribution < -0.4 is 10.4 Å². The van der Waals surface area contributed by atoms with E-state index in [0.29, 0.717) is 12.2 Å². The van der Waals surface area contributed by atoms with E-state index in [0.717, 1.165) is 5.56 Å². The van der Waals surface area contributed by atoms with Crippen LogP contribution in [0.3, 0.4) is 0 Å². The van der Waals surface area contributed by atoms with Crippen molar-refractivity contribution in [3.8, 4) is 0 Å². The first-order chi connectivity index (χ1) is 13.3. The van der Waals surface area contributed by atoms with Crippen LogP contribution in [0.15, 0.2) is 84.9 Å². The first-order valence-corrected chi connectivity index (χ1v) is 11.7. The van der Waals surface area contributed by atoms with Crippen molar-refractivity contribution in [2.24, 2.45) is 0 Å². The summed E-state index contributed by atoms with van der Waals surface area (Å²) in [5.41, 5.74) is 1.72. The minimum atomic E-state index is -2.54. The zero-order valence-corrected chi connectivity index (χ0v) is 18.4. The fourth-order valence-electron chi connectivity index (χ4n) is 3.70. The van der Waals surface area contributed by atoms with E-state index >= 15 is 0 Å². The Morgan fingerprint density at radius 1 is 0.821 bits per heavy atom. The molecule has 0 unspecified atom stereocenters. The van der Waals surface area contributed by atoms with E-state index in [1.807, 2.05) is 36.4 Å². The molecular formula is C24H26O2SSi. The van der Waals surface area contributed by atoms with Gasteiger partial charge < -0.3 is 9.53 Å². The molecular weight excluding hydrogens is 380 g/mol. The van der Waals surface area contributed by atoms with Crippen LogP contribution in [0.4, 0.5) is 0 Å². The normalized spacial score (nSPS) is 12.0. The van der Waals surface area contributed by atoms with Crippen molar-refractivity contribution in [1.82, 2.24) is 0 Å². The van der Waals surface area contributed by atoms with Crippen LogP contribution in [0.5, 0.6) is 0 Å². The quantitative estimate of drug-likeness (QED) is 0.462. The molecule has 3 aromatic carbocycles. The lowest BCUT2D eigenvalue weighted by molar-refractivity contribution is 0.286. The summed E-state index contributed by atoms with van der Waals surface area (Å²) >= 11 is 4.84. The Balaban J connectivity index is 2.04. The summed E-state index contributed by atoms with van der Waals surface area (Å²) in [4.78, 5) is 0. The molecule has 0 aromatic heterocycles. The smallest absolute Gasteiger partial charge is 0.261 e. The molecule has 3 aromatic rings. The third kappa shape index (κ3) is 4.09. The van der Waals surface area contributed by atoms with Crippen molar-refractivity contribution in [3.63, 3.8) is 0 Å². The minimum Gasteiger partial charge on any atom is -0.499 e. The molecule has 28 heavy (non-hydrogen) atoms. The molecule has 0 aliphatic carbocycles. The van der Waals surface area contributed by atoms with E-state index < -0.39 is 8.32 Å². The number of benzene rings is 3. The molecule has 0 saturated carbocycles. The monoisotopic (exact) mass is 406 g/mol. The SMILES string of the molecule is CC(C)(C)[Si](OCc1ccc(C(O)=S)cc1)(c1ccccc1)c1ccccc1. The minimum absolute atomic E-state index is 0.0533. The zero-order valence-electron chi connectivity index (χ0n) is 16.6. The van der Waals surface area contributed by atoms with E-state index in [1.54, 1.807) is 0 Å². The predicted molar refractivity (Wildman–Crippen MR) is 123 cm³/mol.